The van der Waals surface area contributed by atoms with Crippen LogP contribution in [0.15, 0.2) is 60.7 Å². The summed E-state index contributed by atoms with van der Waals surface area (Å²) in [5, 5.41) is 0. The molecule has 4 nitrogen and oxygen atoms in total. The third kappa shape index (κ3) is 6.79. The van der Waals surface area contributed by atoms with Gasteiger partial charge in [-0.15, -0.1) is 0 Å². The fourth-order valence-electron chi connectivity index (χ4n) is 2.57. The number of hydrogen-bond donors (Lipinski definition) is 0. The molecule has 2 rings (SSSR count). The third-order valence-corrected chi connectivity index (χ3v) is 3.88. The highest BCUT2D eigenvalue weighted by Crippen LogP contribution is 2.17. The molecule has 1 atom stereocenters. The van der Waals surface area contributed by atoms with E-state index in [2.05, 4.69) is 0 Å². The molecule has 25 heavy (non-hydrogen) atoms. The van der Waals surface area contributed by atoms with Crippen molar-refractivity contribution in [1.29, 1.82) is 0 Å². The topological polar surface area (TPSA) is 52.6 Å². The van der Waals surface area contributed by atoms with E-state index in [4.69, 9.17) is 9.47 Å². The van der Waals surface area contributed by atoms with Crippen LogP contribution in [0, 0.1) is 5.92 Å². The number of hydrogen-bond acceptors (Lipinski definition) is 4. The molecule has 2 aromatic rings. The molecule has 0 aliphatic heterocycles. The van der Waals surface area contributed by atoms with Gasteiger partial charge < -0.3 is 9.47 Å². The molecule has 4 heteroatoms. The molecule has 0 fully saturated rings. The van der Waals surface area contributed by atoms with Crippen molar-refractivity contribution in [3.05, 3.63) is 71.8 Å². The second kappa shape index (κ2) is 10.3. The number of carbonyl (C=O) groups is 2. The van der Waals surface area contributed by atoms with Crippen LogP contribution in [0.5, 0.6) is 0 Å². The molecule has 132 valence electrons. The highest BCUT2D eigenvalue weighted by molar-refractivity contribution is 5.75. The zero-order valence-electron chi connectivity index (χ0n) is 14.5. The Morgan fingerprint density at radius 1 is 0.880 bits per heavy atom. The van der Waals surface area contributed by atoms with E-state index < -0.39 is 0 Å². The number of benzene rings is 2. The average molecular weight is 340 g/mol. The van der Waals surface area contributed by atoms with Crippen molar-refractivity contribution in [3.63, 3.8) is 0 Å². The predicted octanol–water partition coefficient (Wildman–Crippen LogP) is 3.93. The first-order valence-corrected chi connectivity index (χ1v) is 8.59. The van der Waals surface area contributed by atoms with Crippen LogP contribution in [0.2, 0.25) is 0 Å². The van der Waals surface area contributed by atoms with Gasteiger partial charge in [0.25, 0.3) is 0 Å². The lowest BCUT2D eigenvalue weighted by atomic mass is 9.95. The molecule has 2 aromatic carbocycles. The normalized spacial score (nSPS) is 11.6. The summed E-state index contributed by atoms with van der Waals surface area (Å²) in [4.78, 5) is 24.1. The van der Waals surface area contributed by atoms with Crippen LogP contribution in [0.25, 0.3) is 0 Å². The van der Waals surface area contributed by atoms with E-state index >= 15 is 0 Å². The monoisotopic (exact) mass is 340 g/mol. The Hall–Kier alpha value is -2.62. The predicted molar refractivity (Wildman–Crippen MR) is 95.7 cm³/mol. The van der Waals surface area contributed by atoms with E-state index in [-0.39, 0.29) is 30.9 Å². The van der Waals surface area contributed by atoms with Gasteiger partial charge in [0.1, 0.15) is 6.61 Å². The van der Waals surface area contributed by atoms with Crippen LogP contribution in [0.4, 0.5) is 0 Å². The smallest absolute Gasteiger partial charge is 0.309 e. The van der Waals surface area contributed by atoms with Crippen molar-refractivity contribution in [2.24, 2.45) is 5.92 Å². The number of esters is 2. The molecule has 0 aliphatic rings. The van der Waals surface area contributed by atoms with Crippen molar-refractivity contribution in [2.75, 3.05) is 6.61 Å². The number of carbonyl (C=O) groups excluding carboxylic acids is 2. The molecule has 0 N–H and O–H groups in total. The minimum atomic E-state index is -0.365. The quantitative estimate of drug-likeness (QED) is 0.649. The van der Waals surface area contributed by atoms with Gasteiger partial charge in [0, 0.05) is 6.42 Å². The Balaban J connectivity index is 1.96. The van der Waals surface area contributed by atoms with Gasteiger partial charge in [-0.05, 0) is 30.9 Å². The summed E-state index contributed by atoms with van der Waals surface area (Å²) in [5.41, 5.74) is 1.99. The second-order valence-corrected chi connectivity index (χ2v) is 5.82. The molecule has 0 bridgehead atoms. The van der Waals surface area contributed by atoms with E-state index in [1.807, 2.05) is 60.7 Å². The number of rotatable bonds is 9. The maximum Gasteiger partial charge on any atom is 0.309 e. The molecule has 0 saturated carbocycles. The van der Waals surface area contributed by atoms with E-state index in [1.54, 1.807) is 6.92 Å². The summed E-state index contributed by atoms with van der Waals surface area (Å²) < 4.78 is 10.4. The third-order valence-electron chi connectivity index (χ3n) is 3.88. The lowest BCUT2D eigenvalue weighted by Crippen LogP contribution is -2.21. The molecule has 1 unspecified atom stereocenters. The van der Waals surface area contributed by atoms with Gasteiger partial charge in [0.15, 0.2) is 0 Å². The van der Waals surface area contributed by atoms with Crippen LogP contribution in [-0.4, -0.2) is 18.5 Å². The zero-order chi connectivity index (χ0) is 17.9. The Morgan fingerprint density at radius 2 is 1.48 bits per heavy atom. The summed E-state index contributed by atoms with van der Waals surface area (Å²) >= 11 is 0. The number of ether oxygens (including phenoxy) is 2. The molecule has 0 heterocycles. The molecular weight excluding hydrogens is 316 g/mol. The van der Waals surface area contributed by atoms with Crippen molar-refractivity contribution < 1.29 is 19.1 Å². The van der Waals surface area contributed by atoms with Crippen LogP contribution >= 0.6 is 0 Å². The minimum Gasteiger partial charge on any atom is -0.466 e. The molecule has 0 aliphatic carbocycles. The molecule has 0 amide bonds. The first-order chi connectivity index (χ1) is 12.2. The standard InChI is InChI=1S/C21H24O4/c1-2-24-20(22)14-13-19(15-17-9-5-3-6-10-17)21(23)25-16-18-11-7-4-8-12-18/h3-12,19H,2,13-16H2,1H3. The maximum atomic E-state index is 12.5. The van der Waals surface area contributed by atoms with Crippen LogP contribution in [0.3, 0.4) is 0 Å². The van der Waals surface area contributed by atoms with E-state index in [1.165, 1.54) is 0 Å². The van der Waals surface area contributed by atoms with Gasteiger partial charge in [-0.25, -0.2) is 0 Å². The van der Waals surface area contributed by atoms with E-state index in [0.717, 1.165) is 11.1 Å². The summed E-state index contributed by atoms with van der Waals surface area (Å²) in [6.45, 7) is 2.36. The largest absolute Gasteiger partial charge is 0.466 e. The first-order valence-electron chi connectivity index (χ1n) is 8.59. The molecular formula is C21H24O4. The van der Waals surface area contributed by atoms with Gasteiger partial charge >= 0.3 is 11.9 Å². The highest BCUT2D eigenvalue weighted by Gasteiger charge is 2.22. The highest BCUT2D eigenvalue weighted by atomic mass is 16.5. The summed E-state index contributed by atoms with van der Waals surface area (Å²) in [6, 6.07) is 19.3. The Bertz CT molecular complexity index is 652. The Kier molecular flexibility index (Phi) is 7.70. The lowest BCUT2D eigenvalue weighted by Gasteiger charge is -2.16. The van der Waals surface area contributed by atoms with Gasteiger partial charge in [-0.3, -0.25) is 9.59 Å². The maximum absolute atomic E-state index is 12.5. The second-order valence-electron chi connectivity index (χ2n) is 5.82. The van der Waals surface area contributed by atoms with Gasteiger partial charge in [-0.1, -0.05) is 60.7 Å². The fourth-order valence-corrected chi connectivity index (χ4v) is 2.57. The van der Waals surface area contributed by atoms with Crippen molar-refractivity contribution in [1.82, 2.24) is 0 Å². The van der Waals surface area contributed by atoms with Gasteiger partial charge in [0.2, 0.25) is 0 Å². The van der Waals surface area contributed by atoms with Gasteiger partial charge in [-0.2, -0.15) is 0 Å². The summed E-state index contributed by atoms with van der Waals surface area (Å²) in [7, 11) is 0. The van der Waals surface area contributed by atoms with Crippen molar-refractivity contribution >= 4 is 11.9 Å². The SMILES string of the molecule is CCOC(=O)CCC(Cc1ccccc1)C(=O)OCc1ccccc1. The van der Waals surface area contributed by atoms with E-state index in [9.17, 15) is 9.59 Å². The molecule has 0 saturated heterocycles. The van der Waals surface area contributed by atoms with Crippen molar-refractivity contribution in [2.45, 2.75) is 32.8 Å². The van der Waals surface area contributed by atoms with Crippen LogP contribution < -0.4 is 0 Å². The van der Waals surface area contributed by atoms with Crippen molar-refractivity contribution in [3.8, 4) is 0 Å². The molecule has 0 aromatic heterocycles. The zero-order valence-corrected chi connectivity index (χ0v) is 14.5. The minimum absolute atomic E-state index is 0.214. The molecule has 0 radical (unpaired) electrons. The van der Waals surface area contributed by atoms with E-state index in [0.29, 0.717) is 19.4 Å². The van der Waals surface area contributed by atoms with Crippen LogP contribution in [0.1, 0.15) is 30.9 Å². The van der Waals surface area contributed by atoms with Gasteiger partial charge in [0.05, 0.1) is 12.5 Å². The lowest BCUT2D eigenvalue weighted by molar-refractivity contribution is -0.151. The fraction of sp³-hybridized carbons (Fsp3) is 0.333. The molecule has 0 spiro atoms. The average Bonchev–Trinajstić information content (AvgIpc) is 2.65. The summed E-state index contributed by atoms with van der Waals surface area (Å²) in [6.07, 6.45) is 1.18. The Labute approximate surface area is 148 Å². The first kappa shape index (κ1) is 18.7. The Morgan fingerprint density at radius 3 is 2.08 bits per heavy atom. The summed E-state index contributed by atoms with van der Waals surface area (Å²) in [5.74, 6) is -0.927. The van der Waals surface area contributed by atoms with Crippen LogP contribution in [-0.2, 0) is 32.1 Å².